The lowest BCUT2D eigenvalue weighted by molar-refractivity contribution is 0.340. The Morgan fingerprint density at radius 3 is 2.35 bits per heavy atom. The number of ether oxygens (including phenoxy) is 2. The summed E-state index contributed by atoms with van der Waals surface area (Å²) in [6.45, 7) is 0. The van der Waals surface area contributed by atoms with Gasteiger partial charge in [0.2, 0.25) is 5.75 Å². The second-order valence-electron chi connectivity index (χ2n) is 3.01. The molecule has 92 valence electrons. The maximum absolute atomic E-state index is 9.68. The molecule has 0 aliphatic rings. The average Bonchev–Trinajstić information content (AvgIpc) is 2.30. The van der Waals surface area contributed by atoms with Crippen molar-refractivity contribution in [2.24, 2.45) is 10.8 Å². The summed E-state index contributed by atoms with van der Waals surface area (Å²) in [7, 11) is 2.89. The van der Waals surface area contributed by atoms with Crippen molar-refractivity contribution < 1.29 is 14.6 Å². The van der Waals surface area contributed by atoms with Gasteiger partial charge < -0.3 is 20.3 Å². The number of hydrogen-bond acceptors (Lipinski definition) is 5. The molecule has 0 aromatic heterocycles. The van der Waals surface area contributed by atoms with Crippen LogP contribution in [0.1, 0.15) is 5.56 Å². The standard InChI is InChI=1S/C10H13N3O3S/c1-15-7-3-6(5-12-13-10(11)17)4-8(16-2)9(7)14/h3-5,14H,1-2H3,(H3,11,13,17)/b12-5-. The molecule has 6 nitrogen and oxygen atoms in total. The predicted octanol–water partition coefficient (Wildman–Crippen LogP) is 0.577. The van der Waals surface area contributed by atoms with Crippen LogP contribution in [0.3, 0.4) is 0 Å². The molecule has 1 rings (SSSR count). The first-order valence-electron chi connectivity index (χ1n) is 4.62. The van der Waals surface area contributed by atoms with Gasteiger partial charge in [-0.05, 0) is 24.4 Å². The number of phenolic OH excluding ortho intramolecular Hbond substituents is 1. The Morgan fingerprint density at radius 1 is 1.41 bits per heavy atom. The van der Waals surface area contributed by atoms with Gasteiger partial charge in [0, 0.05) is 5.56 Å². The van der Waals surface area contributed by atoms with Crippen LogP contribution in [0.2, 0.25) is 0 Å². The summed E-state index contributed by atoms with van der Waals surface area (Å²) in [5.41, 5.74) is 8.30. The Labute approximate surface area is 104 Å². The van der Waals surface area contributed by atoms with Crippen molar-refractivity contribution in [3.8, 4) is 17.2 Å². The van der Waals surface area contributed by atoms with Crippen molar-refractivity contribution in [3.63, 3.8) is 0 Å². The van der Waals surface area contributed by atoms with E-state index in [1.54, 1.807) is 12.1 Å². The van der Waals surface area contributed by atoms with Crippen LogP contribution in [0.5, 0.6) is 17.2 Å². The van der Waals surface area contributed by atoms with E-state index in [1.807, 2.05) is 0 Å². The number of phenols is 1. The van der Waals surface area contributed by atoms with Crippen LogP contribution in [0.15, 0.2) is 17.2 Å². The molecule has 17 heavy (non-hydrogen) atoms. The van der Waals surface area contributed by atoms with Crippen molar-refractivity contribution in [3.05, 3.63) is 17.7 Å². The Morgan fingerprint density at radius 2 is 1.94 bits per heavy atom. The van der Waals surface area contributed by atoms with Crippen molar-refractivity contribution in [1.29, 1.82) is 0 Å². The molecule has 0 aliphatic carbocycles. The number of nitrogens with two attached hydrogens (primary N) is 1. The summed E-state index contributed by atoms with van der Waals surface area (Å²) in [6, 6.07) is 3.20. The number of rotatable bonds is 4. The minimum atomic E-state index is -0.0607. The van der Waals surface area contributed by atoms with Gasteiger partial charge in [-0.15, -0.1) is 0 Å². The average molecular weight is 255 g/mol. The quantitative estimate of drug-likeness (QED) is 0.414. The van der Waals surface area contributed by atoms with Gasteiger partial charge in [-0.1, -0.05) is 0 Å². The van der Waals surface area contributed by atoms with Crippen LogP contribution in [0.4, 0.5) is 0 Å². The summed E-state index contributed by atoms with van der Waals surface area (Å²) < 4.78 is 9.99. The van der Waals surface area contributed by atoms with Crippen molar-refractivity contribution >= 4 is 23.5 Å². The van der Waals surface area contributed by atoms with Gasteiger partial charge in [0.15, 0.2) is 16.6 Å². The number of hydrogen-bond donors (Lipinski definition) is 3. The van der Waals surface area contributed by atoms with Crippen LogP contribution in [-0.4, -0.2) is 30.7 Å². The zero-order valence-electron chi connectivity index (χ0n) is 9.43. The van der Waals surface area contributed by atoms with E-state index in [4.69, 9.17) is 15.2 Å². The molecule has 0 aliphatic heterocycles. The smallest absolute Gasteiger partial charge is 0.200 e. The second-order valence-corrected chi connectivity index (χ2v) is 3.45. The highest BCUT2D eigenvalue weighted by Crippen LogP contribution is 2.36. The van der Waals surface area contributed by atoms with Crippen molar-refractivity contribution in [2.75, 3.05) is 14.2 Å². The molecular weight excluding hydrogens is 242 g/mol. The zero-order chi connectivity index (χ0) is 12.8. The SMILES string of the molecule is COc1cc(/C=N\NC(N)=S)cc(OC)c1O. The molecule has 0 bridgehead atoms. The Hall–Kier alpha value is -2.02. The molecule has 1 aromatic rings. The number of hydrazone groups is 1. The molecule has 0 fully saturated rings. The summed E-state index contributed by atoms with van der Waals surface area (Å²) >= 11 is 4.59. The Kier molecular flexibility index (Phi) is 4.53. The fourth-order valence-corrected chi connectivity index (χ4v) is 1.21. The third kappa shape index (κ3) is 3.49. The van der Waals surface area contributed by atoms with E-state index in [0.717, 1.165) is 0 Å². The highest BCUT2D eigenvalue weighted by atomic mass is 32.1. The lowest BCUT2D eigenvalue weighted by Crippen LogP contribution is -2.23. The zero-order valence-corrected chi connectivity index (χ0v) is 10.2. The monoisotopic (exact) mass is 255 g/mol. The maximum atomic E-state index is 9.68. The number of nitrogens with zero attached hydrogens (tertiary/aromatic N) is 1. The molecule has 0 radical (unpaired) electrons. The maximum Gasteiger partial charge on any atom is 0.200 e. The molecule has 0 amide bonds. The van der Waals surface area contributed by atoms with Crippen LogP contribution >= 0.6 is 12.2 Å². The number of benzene rings is 1. The van der Waals surface area contributed by atoms with Crippen LogP contribution in [0, 0.1) is 0 Å². The normalized spacial score (nSPS) is 10.2. The van der Waals surface area contributed by atoms with Crippen LogP contribution in [-0.2, 0) is 0 Å². The van der Waals surface area contributed by atoms with Gasteiger partial charge in [0.1, 0.15) is 0 Å². The highest BCUT2D eigenvalue weighted by molar-refractivity contribution is 7.80. The van der Waals surface area contributed by atoms with Gasteiger partial charge in [-0.2, -0.15) is 5.10 Å². The van der Waals surface area contributed by atoms with E-state index in [0.29, 0.717) is 17.1 Å². The van der Waals surface area contributed by atoms with Gasteiger partial charge >= 0.3 is 0 Å². The summed E-state index contributed by atoms with van der Waals surface area (Å²) in [4.78, 5) is 0. The molecular formula is C10H13N3O3S. The molecule has 0 unspecified atom stereocenters. The Bertz CT molecular complexity index is 423. The number of methoxy groups -OCH3 is 2. The van der Waals surface area contributed by atoms with Crippen molar-refractivity contribution in [2.45, 2.75) is 0 Å². The largest absolute Gasteiger partial charge is 0.502 e. The molecule has 1 aromatic carbocycles. The van der Waals surface area contributed by atoms with E-state index in [-0.39, 0.29) is 10.9 Å². The van der Waals surface area contributed by atoms with Crippen LogP contribution in [0.25, 0.3) is 0 Å². The number of aromatic hydroxyl groups is 1. The van der Waals surface area contributed by atoms with Gasteiger partial charge in [-0.3, -0.25) is 5.43 Å². The highest BCUT2D eigenvalue weighted by Gasteiger charge is 2.09. The second kappa shape index (κ2) is 5.90. The lowest BCUT2D eigenvalue weighted by atomic mass is 10.2. The van der Waals surface area contributed by atoms with E-state index < -0.39 is 0 Å². The molecule has 0 atom stereocenters. The van der Waals surface area contributed by atoms with E-state index in [9.17, 15) is 5.11 Å². The molecule has 0 saturated carbocycles. The molecule has 4 N–H and O–H groups in total. The minimum Gasteiger partial charge on any atom is -0.502 e. The first-order chi connectivity index (χ1) is 8.08. The molecule has 0 heterocycles. The topological polar surface area (TPSA) is 89.1 Å². The summed E-state index contributed by atoms with van der Waals surface area (Å²) in [6.07, 6.45) is 1.48. The molecule has 0 saturated heterocycles. The van der Waals surface area contributed by atoms with Crippen molar-refractivity contribution in [1.82, 2.24) is 5.43 Å². The van der Waals surface area contributed by atoms with Gasteiger partial charge in [-0.25, -0.2) is 0 Å². The number of nitrogens with one attached hydrogen (secondary N) is 1. The van der Waals surface area contributed by atoms with Gasteiger partial charge in [0.25, 0.3) is 0 Å². The molecule has 7 heteroatoms. The van der Waals surface area contributed by atoms with E-state index in [2.05, 4.69) is 22.7 Å². The van der Waals surface area contributed by atoms with E-state index >= 15 is 0 Å². The fraction of sp³-hybridized carbons (Fsp3) is 0.200. The van der Waals surface area contributed by atoms with Gasteiger partial charge in [0.05, 0.1) is 20.4 Å². The third-order valence-electron chi connectivity index (χ3n) is 1.89. The lowest BCUT2D eigenvalue weighted by Gasteiger charge is -2.09. The first-order valence-corrected chi connectivity index (χ1v) is 5.02. The fourth-order valence-electron chi connectivity index (χ4n) is 1.16. The molecule has 0 spiro atoms. The number of thiocarbonyl (C=S) groups is 1. The summed E-state index contributed by atoms with van der Waals surface area (Å²) in [5, 5.41) is 13.5. The third-order valence-corrected chi connectivity index (χ3v) is 1.98. The first kappa shape index (κ1) is 13.0. The Balaban J connectivity index is 3.00. The van der Waals surface area contributed by atoms with Crippen LogP contribution < -0.4 is 20.6 Å². The summed E-state index contributed by atoms with van der Waals surface area (Å²) in [5.74, 6) is 0.525. The van der Waals surface area contributed by atoms with E-state index in [1.165, 1.54) is 20.4 Å². The predicted molar refractivity (Wildman–Crippen MR) is 68.7 cm³/mol. The minimum absolute atomic E-state index is 0.0607.